The fourth-order valence-electron chi connectivity index (χ4n) is 2.60. The first-order valence-electron chi connectivity index (χ1n) is 8.58. The van der Waals surface area contributed by atoms with Crippen LogP contribution in [0, 0.1) is 5.92 Å². The lowest BCUT2D eigenvalue weighted by Gasteiger charge is -2.34. The van der Waals surface area contributed by atoms with Gasteiger partial charge in [0.15, 0.2) is 5.96 Å². The van der Waals surface area contributed by atoms with Crippen LogP contribution < -0.4 is 10.1 Å². The fourth-order valence-corrected chi connectivity index (χ4v) is 2.60. The largest absolute Gasteiger partial charge is 0.490 e. The van der Waals surface area contributed by atoms with Gasteiger partial charge in [0.1, 0.15) is 11.9 Å². The Morgan fingerprint density at radius 3 is 2.58 bits per heavy atom. The van der Waals surface area contributed by atoms with Crippen molar-refractivity contribution in [3.63, 3.8) is 0 Å². The lowest BCUT2D eigenvalue weighted by Crippen LogP contribution is -2.47. The first-order chi connectivity index (χ1) is 11.2. The van der Waals surface area contributed by atoms with Gasteiger partial charge in [-0.2, -0.15) is 0 Å². The topological polar surface area (TPSA) is 57.1 Å². The second-order valence-corrected chi connectivity index (χ2v) is 6.10. The number of likely N-dealkylation sites (tertiary alicyclic amines) is 1. The van der Waals surface area contributed by atoms with Crippen molar-refractivity contribution in [2.45, 2.75) is 32.8 Å². The van der Waals surface area contributed by atoms with Gasteiger partial charge >= 0.3 is 0 Å². The molecule has 2 rings (SSSR count). The smallest absolute Gasteiger partial charge is 0.193 e. The summed E-state index contributed by atoms with van der Waals surface area (Å²) in [5.41, 5.74) is 0. The van der Waals surface area contributed by atoms with Gasteiger partial charge in [0.2, 0.25) is 0 Å². The molecule has 1 atom stereocenters. The van der Waals surface area contributed by atoms with Crippen molar-refractivity contribution in [2.75, 3.05) is 32.8 Å². The number of hydrogen-bond donors (Lipinski definition) is 2. The summed E-state index contributed by atoms with van der Waals surface area (Å²) in [5.74, 6) is 2.09. The Kier molecular flexibility index (Phi) is 10.1. The number of para-hydroxylation sites is 1. The number of aliphatic hydroxyl groups excluding tert-OH is 1. The predicted molar refractivity (Wildman–Crippen MR) is 109 cm³/mol. The zero-order valence-electron chi connectivity index (χ0n) is 14.6. The summed E-state index contributed by atoms with van der Waals surface area (Å²) in [6, 6.07) is 10.0. The van der Waals surface area contributed by atoms with Gasteiger partial charge in [0.05, 0.1) is 0 Å². The van der Waals surface area contributed by atoms with Crippen LogP contribution in [0.25, 0.3) is 0 Å². The quantitative estimate of drug-likeness (QED) is 0.400. The molecule has 1 aliphatic rings. The van der Waals surface area contributed by atoms with Crippen molar-refractivity contribution in [3.05, 3.63) is 30.3 Å². The van der Waals surface area contributed by atoms with E-state index in [-0.39, 0.29) is 42.6 Å². The van der Waals surface area contributed by atoms with Crippen LogP contribution in [0.3, 0.4) is 0 Å². The van der Waals surface area contributed by atoms with Crippen molar-refractivity contribution < 1.29 is 9.84 Å². The number of nitrogens with zero attached hydrogens (tertiary/aromatic N) is 2. The minimum atomic E-state index is 0. The molecule has 0 bridgehead atoms. The third kappa shape index (κ3) is 6.84. The molecule has 1 aromatic rings. The predicted octanol–water partition coefficient (Wildman–Crippen LogP) is 2.74. The van der Waals surface area contributed by atoms with E-state index in [1.54, 1.807) is 0 Å². The number of benzene rings is 1. The molecule has 1 aliphatic heterocycles. The molecule has 0 amide bonds. The lowest BCUT2D eigenvalue weighted by atomic mass is 10.1. The molecule has 24 heavy (non-hydrogen) atoms. The highest BCUT2D eigenvalue weighted by atomic mass is 127. The van der Waals surface area contributed by atoms with Gasteiger partial charge in [-0.05, 0) is 25.0 Å². The first kappa shape index (κ1) is 21.0. The summed E-state index contributed by atoms with van der Waals surface area (Å²) in [5, 5.41) is 12.5. The Morgan fingerprint density at radius 1 is 1.33 bits per heavy atom. The Balaban J connectivity index is 0.00000288. The molecule has 1 unspecified atom stereocenters. The van der Waals surface area contributed by atoms with E-state index in [2.05, 4.69) is 22.1 Å². The number of piperidine rings is 1. The second-order valence-electron chi connectivity index (χ2n) is 6.10. The molecule has 0 saturated carbocycles. The Morgan fingerprint density at radius 2 is 2.00 bits per heavy atom. The summed E-state index contributed by atoms with van der Waals surface area (Å²) in [4.78, 5) is 6.94. The van der Waals surface area contributed by atoms with Gasteiger partial charge in [0, 0.05) is 45.6 Å². The number of aliphatic hydroxyl groups is 1. The molecule has 136 valence electrons. The van der Waals surface area contributed by atoms with E-state index >= 15 is 0 Å². The zero-order chi connectivity index (χ0) is 16.5. The maximum atomic E-state index is 9.14. The van der Waals surface area contributed by atoms with E-state index in [9.17, 15) is 0 Å². The van der Waals surface area contributed by atoms with Gasteiger partial charge in [-0.1, -0.05) is 25.1 Å². The molecule has 0 aromatic heterocycles. The third-order valence-electron chi connectivity index (χ3n) is 3.99. The standard InChI is InChI=1S/C18H29N3O2.HI/c1-3-19-18(20-13-15(2)14-22)21-11-9-17(10-12-21)23-16-7-5-4-6-8-16;/h4-8,15,17,22H,3,9-14H2,1-2H3,(H,19,20);1H. The fraction of sp³-hybridized carbons (Fsp3) is 0.611. The number of guanidine groups is 1. The molecule has 0 aliphatic carbocycles. The first-order valence-corrected chi connectivity index (χ1v) is 8.58. The van der Waals surface area contributed by atoms with Crippen molar-refractivity contribution >= 4 is 29.9 Å². The molecule has 2 N–H and O–H groups in total. The second kappa shape index (κ2) is 11.5. The minimum Gasteiger partial charge on any atom is -0.490 e. The molecule has 1 heterocycles. The molecule has 6 heteroatoms. The average Bonchev–Trinajstić information content (AvgIpc) is 2.60. The number of rotatable bonds is 6. The van der Waals surface area contributed by atoms with Gasteiger partial charge in [-0.25, -0.2) is 0 Å². The van der Waals surface area contributed by atoms with Crippen LogP contribution in [0.5, 0.6) is 5.75 Å². The van der Waals surface area contributed by atoms with Gasteiger partial charge < -0.3 is 20.1 Å². The van der Waals surface area contributed by atoms with Crippen molar-refractivity contribution in [2.24, 2.45) is 10.9 Å². The number of nitrogens with one attached hydrogen (secondary N) is 1. The molecule has 1 fully saturated rings. The molecule has 1 aromatic carbocycles. The summed E-state index contributed by atoms with van der Waals surface area (Å²) in [6.45, 7) is 7.65. The van der Waals surface area contributed by atoms with E-state index in [1.807, 2.05) is 37.3 Å². The summed E-state index contributed by atoms with van der Waals surface area (Å²) in [7, 11) is 0. The highest BCUT2D eigenvalue weighted by Crippen LogP contribution is 2.18. The number of halogens is 1. The van der Waals surface area contributed by atoms with Gasteiger partial charge in [-0.15, -0.1) is 24.0 Å². The molecule has 1 saturated heterocycles. The maximum absolute atomic E-state index is 9.14. The molecular formula is C18H30IN3O2. The molecule has 5 nitrogen and oxygen atoms in total. The lowest BCUT2D eigenvalue weighted by molar-refractivity contribution is 0.129. The van der Waals surface area contributed by atoms with Gasteiger partial charge in [-0.3, -0.25) is 4.99 Å². The normalized spacial score (nSPS) is 17.1. The Bertz CT molecular complexity index is 476. The van der Waals surface area contributed by atoms with Crippen LogP contribution in [-0.4, -0.2) is 54.9 Å². The third-order valence-corrected chi connectivity index (χ3v) is 3.99. The Labute approximate surface area is 162 Å². The van der Waals surface area contributed by atoms with Crippen molar-refractivity contribution in [1.29, 1.82) is 0 Å². The molecule has 0 spiro atoms. The summed E-state index contributed by atoms with van der Waals surface area (Å²) < 4.78 is 6.04. The SMILES string of the molecule is CCNC(=NCC(C)CO)N1CCC(Oc2ccccc2)CC1.I. The average molecular weight is 447 g/mol. The van der Waals surface area contributed by atoms with Crippen molar-refractivity contribution in [1.82, 2.24) is 10.2 Å². The Hall–Kier alpha value is -1.02. The van der Waals surface area contributed by atoms with E-state index in [0.29, 0.717) is 6.54 Å². The van der Waals surface area contributed by atoms with Gasteiger partial charge in [0.25, 0.3) is 0 Å². The maximum Gasteiger partial charge on any atom is 0.193 e. The summed E-state index contributed by atoms with van der Waals surface area (Å²) >= 11 is 0. The molecular weight excluding hydrogens is 417 g/mol. The van der Waals surface area contributed by atoms with Crippen LogP contribution >= 0.6 is 24.0 Å². The van der Waals surface area contributed by atoms with Crippen LogP contribution in [-0.2, 0) is 0 Å². The van der Waals surface area contributed by atoms with Crippen LogP contribution in [0.15, 0.2) is 35.3 Å². The number of aliphatic imine (C=N–C) groups is 1. The highest BCUT2D eigenvalue weighted by molar-refractivity contribution is 14.0. The van der Waals surface area contributed by atoms with Crippen LogP contribution in [0.4, 0.5) is 0 Å². The van der Waals surface area contributed by atoms with Crippen LogP contribution in [0.2, 0.25) is 0 Å². The monoisotopic (exact) mass is 447 g/mol. The number of hydrogen-bond acceptors (Lipinski definition) is 3. The highest BCUT2D eigenvalue weighted by Gasteiger charge is 2.22. The van der Waals surface area contributed by atoms with E-state index in [0.717, 1.165) is 44.2 Å². The number of ether oxygens (including phenoxy) is 1. The van der Waals surface area contributed by atoms with E-state index in [4.69, 9.17) is 9.84 Å². The van der Waals surface area contributed by atoms with E-state index in [1.165, 1.54) is 0 Å². The van der Waals surface area contributed by atoms with Crippen LogP contribution in [0.1, 0.15) is 26.7 Å². The minimum absolute atomic E-state index is 0. The van der Waals surface area contributed by atoms with Crippen molar-refractivity contribution in [3.8, 4) is 5.75 Å². The molecule has 0 radical (unpaired) electrons. The zero-order valence-corrected chi connectivity index (χ0v) is 17.0. The van der Waals surface area contributed by atoms with E-state index < -0.39 is 0 Å². The summed E-state index contributed by atoms with van der Waals surface area (Å²) in [6.07, 6.45) is 2.26.